The van der Waals surface area contributed by atoms with E-state index in [-0.39, 0.29) is 17.9 Å². The van der Waals surface area contributed by atoms with Crippen LogP contribution in [0.5, 0.6) is 5.75 Å². The van der Waals surface area contributed by atoms with Crippen molar-refractivity contribution < 1.29 is 27.1 Å². The molecule has 2 rings (SSSR count). The first kappa shape index (κ1) is 18.3. The van der Waals surface area contributed by atoms with Crippen molar-refractivity contribution in [1.82, 2.24) is 5.32 Å². The number of carbonyl (C=O) groups excluding carboxylic acids is 1. The van der Waals surface area contributed by atoms with Crippen molar-refractivity contribution >= 4 is 21.8 Å². The molecule has 0 saturated heterocycles. The lowest BCUT2D eigenvalue weighted by Crippen LogP contribution is -2.23. The van der Waals surface area contributed by atoms with Gasteiger partial charge in [0.1, 0.15) is 11.6 Å². The molecule has 2 aromatic carbocycles. The van der Waals surface area contributed by atoms with Gasteiger partial charge in [0.2, 0.25) is 0 Å². The Balaban J connectivity index is 1.97. The topological polar surface area (TPSA) is 38.3 Å². The highest BCUT2D eigenvalue weighted by molar-refractivity contribution is 9.10. The summed E-state index contributed by atoms with van der Waals surface area (Å²) in [5.41, 5.74) is 0.685. The predicted molar refractivity (Wildman–Crippen MR) is 83.3 cm³/mol. The van der Waals surface area contributed by atoms with Crippen LogP contribution in [-0.4, -0.2) is 18.7 Å². The third-order valence-corrected chi connectivity index (χ3v) is 3.34. The zero-order valence-electron chi connectivity index (χ0n) is 12.2. The number of hydrogen-bond donors (Lipinski definition) is 1. The van der Waals surface area contributed by atoms with Gasteiger partial charge in [-0.25, -0.2) is 4.39 Å². The number of benzene rings is 2. The fraction of sp³-hybridized carbons (Fsp3) is 0.188. The molecule has 0 atom stereocenters. The van der Waals surface area contributed by atoms with E-state index in [0.717, 1.165) is 6.07 Å². The number of alkyl halides is 3. The van der Waals surface area contributed by atoms with Crippen LogP contribution in [0.3, 0.4) is 0 Å². The summed E-state index contributed by atoms with van der Waals surface area (Å²) in [4.78, 5) is 12.0. The lowest BCUT2D eigenvalue weighted by molar-refractivity contribution is -0.153. The Morgan fingerprint density at radius 2 is 1.92 bits per heavy atom. The maximum Gasteiger partial charge on any atom is 0.422 e. The summed E-state index contributed by atoms with van der Waals surface area (Å²) in [6.07, 6.45) is -4.42. The van der Waals surface area contributed by atoms with Crippen LogP contribution in [0, 0.1) is 5.82 Å². The number of hydrogen-bond acceptors (Lipinski definition) is 2. The van der Waals surface area contributed by atoms with Gasteiger partial charge < -0.3 is 10.1 Å². The highest BCUT2D eigenvalue weighted by atomic mass is 79.9. The number of carbonyl (C=O) groups is 1. The van der Waals surface area contributed by atoms with Gasteiger partial charge in [0.15, 0.2) is 6.61 Å². The van der Waals surface area contributed by atoms with Gasteiger partial charge in [-0.1, -0.05) is 28.1 Å². The van der Waals surface area contributed by atoms with Crippen molar-refractivity contribution in [3.05, 3.63) is 63.9 Å². The molecule has 0 aliphatic carbocycles. The number of rotatable bonds is 5. The van der Waals surface area contributed by atoms with E-state index in [4.69, 9.17) is 0 Å². The molecule has 0 fully saturated rings. The maximum atomic E-state index is 13.3. The molecule has 128 valence electrons. The Morgan fingerprint density at radius 1 is 1.17 bits per heavy atom. The highest BCUT2D eigenvalue weighted by Crippen LogP contribution is 2.19. The van der Waals surface area contributed by atoms with Gasteiger partial charge in [-0.2, -0.15) is 13.2 Å². The molecule has 0 aliphatic rings. The lowest BCUT2D eigenvalue weighted by atomic mass is 10.2. The van der Waals surface area contributed by atoms with Gasteiger partial charge in [0.05, 0.1) is 0 Å². The van der Waals surface area contributed by atoms with E-state index in [9.17, 15) is 22.4 Å². The van der Waals surface area contributed by atoms with E-state index in [1.807, 2.05) is 0 Å². The van der Waals surface area contributed by atoms with Gasteiger partial charge in [0, 0.05) is 16.6 Å². The van der Waals surface area contributed by atoms with E-state index in [2.05, 4.69) is 26.0 Å². The number of nitrogens with one attached hydrogen (secondary N) is 1. The summed E-state index contributed by atoms with van der Waals surface area (Å²) >= 11 is 3.09. The SMILES string of the molecule is O=C(NCc1cccc(OCC(F)(F)F)c1)c1cc(F)cc(Br)c1. The van der Waals surface area contributed by atoms with Crippen molar-refractivity contribution in [1.29, 1.82) is 0 Å². The normalized spacial score (nSPS) is 11.2. The van der Waals surface area contributed by atoms with Crippen molar-refractivity contribution in [3.8, 4) is 5.75 Å². The van der Waals surface area contributed by atoms with E-state index in [1.54, 1.807) is 6.07 Å². The second-order valence-corrected chi connectivity index (χ2v) is 5.81. The Labute approximate surface area is 143 Å². The van der Waals surface area contributed by atoms with Gasteiger partial charge in [0.25, 0.3) is 5.91 Å². The van der Waals surface area contributed by atoms with E-state index >= 15 is 0 Å². The average molecular weight is 406 g/mol. The Bertz CT molecular complexity index is 714. The Hall–Kier alpha value is -2.09. The zero-order chi connectivity index (χ0) is 17.7. The van der Waals surface area contributed by atoms with E-state index in [0.29, 0.717) is 10.0 Å². The van der Waals surface area contributed by atoms with Gasteiger partial charge in [-0.05, 0) is 35.9 Å². The largest absolute Gasteiger partial charge is 0.484 e. The molecular weight excluding hydrogens is 394 g/mol. The molecular formula is C16H12BrF4NO2. The molecule has 8 heteroatoms. The van der Waals surface area contributed by atoms with Crippen LogP contribution in [0.4, 0.5) is 17.6 Å². The lowest BCUT2D eigenvalue weighted by Gasteiger charge is -2.11. The van der Waals surface area contributed by atoms with Crippen LogP contribution in [0.25, 0.3) is 0 Å². The summed E-state index contributed by atoms with van der Waals surface area (Å²) < 4.78 is 54.7. The molecule has 2 aromatic rings. The van der Waals surface area contributed by atoms with E-state index < -0.39 is 24.5 Å². The zero-order valence-corrected chi connectivity index (χ0v) is 13.7. The van der Waals surface area contributed by atoms with Crippen molar-refractivity contribution in [3.63, 3.8) is 0 Å². The van der Waals surface area contributed by atoms with Crippen LogP contribution < -0.4 is 10.1 Å². The predicted octanol–water partition coefficient (Wildman–Crippen LogP) is 4.46. The third-order valence-electron chi connectivity index (χ3n) is 2.88. The van der Waals surface area contributed by atoms with Crippen molar-refractivity contribution in [2.24, 2.45) is 0 Å². The molecule has 0 aliphatic heterocycles. The van der Waals surface area contributed by atoms with Gasteiger partial charge in [-0.15, -0.1) is 0 Å². The number of halogens is 5. The Morgan fingerprint density at radius 3 is 2.58 bits per heavy atom. The summed E-state index contributed by atoms with van der Waals surface area (Å²) in [5.74, 6) is -1.01. The molecule has 0 aromatic heterocycles. The molecule has 3 nitrogen and oxygen atoms in total. The number of amides is 1. The molecule has 0 saturated carbocycles. The monoisotopic (exact) mass is 405 g/mol. The van der Waals surface area contributed by atoms with E-state index in [1.165, 1.54) is 30.3 Å². The van der Waals surface area contributed by atoms with Crippen LogP contribution in [0.15, 0.2) is 46.9 Å². The van der Waals surface area contributed by atoms with Gasteiger partial charge >= 0.3 is 6.18 Å². The summed E-state index contributed by atoms with van der Waals surface area (Å²) in [7, 11) is 0. The minimum absolute atomic E-state index is 0.0487. The van der Waals surface area contributed by atoms with Gasteiger partial charge in [-0.3, -0.25) is 4.79 Å². The average Bonchev–Trinajstić information content (AvgIpc) is 2.49. The fourth-order valence-electron chi connectivity index (χ4n) is 1.88. The maximum absolute atomic E-state index is 13.3. The minimum Gasteiger partial charge on any atom is -0.484 e. The molecule has 0 bridgehead atoms. The van der Waals surface area contributed by atoms with Crippen LogP contribution in [-0.2, 0) is 6.54 Å². The van der Waals surface area contributed by atoms with Crippen molar-refractivity contribution in [2.45, 2.75) is 12.7 Å². The minimum atomic E-state index is -4.42. The second-order valence-electron chi connectivity index (χ2n) is 4.89. The molecule has 1 amide bonds. The molecule has 0 spiro atoms. The highest BCUT2D eigenvalue weighted by Gasteiger charge is 2.28. The third kappa shape index (κ3) is 5.84. The Kier molecular flexibility index (Phi) is 5.82. The first-order valence-electron chi connectivity index (χ1n) is 6.76. The van der Waals surface area contributed by atoms with Crippen LogP contribution >= 0.6 is 15.9 Å². The molecule has 1 N–H and O–H groups in total. The van der Waals surface area contributed by atoms with Crippen molar-refractivity contribution in [2.75, 3.05) is 6.61 Å². The second kappa shape index (κ2) is 7.65. The standard InChI is InChI=1S/C16H12BrF4NO2/c17-12-5-11(6-13(18)7-12)15(23)22-8-10-2-1-3-14(4-10)24-9-16(19,20)21/h1-7H,8-9H2,(H,22,23). The smallest absolute Gasteiger partial charge is 0.422 e. The first-order valence-corrected chi connectivity index (χ1v) is 7.55. The molecule has 0 unspecified atom stereocenters. The molecule has 24 heavy (non-hydrogen) atoms. The summed E-state index contributed by atoms with van der Waals surface area (Å²) in [6.45, 7) is -1.32. The summed E-state index contributed by atoms with van der Waals surface area (Å²) in [6, 6.07) is 9.70. The molecule has 0 heterocycles. The summed E-state index contributed by atoms with van der Waals surface area (Å²) in [5, 5.41) is 2.57. The van der Waals surface area contributed by atoms with Crippen LogP contribution in [0.1, 0.15) is 15.9 Å². The molecule has 0 radical (unpaired) electrons. The quantitative estimate of drug-likeness (QED) is 0.745. The van der Waals surface area contributed by atoms with Crippen LogP contribution in [0.2, 0.25) is 0 Å². The number of ether oxygens (including phenoxy) is 1. The fourth-order valence-corrected chi connectivity index (χ4v) is 2.35. The first-order chi connectivity index (χ1) is 11.2.